The van der Waals surface area contributed by atoms with Gasteiger partial charge < -0.3 is 19.7 Å². The fraction of sp³-hybridized carbons (Fsp3) is 0.231. The summed E-state index contributed by atoms with van der Waals surface area (Å²) in [5, 5.41) is 3.50. The molecule has 0 aliphatic heterocycles. The van der Waals surface area contributed by atoms with E-state index in [1.165, 1.54) is 4.90 Å². The van der Waals surface area contributed by atoms with Crippen LogP contribution in [0.3, 0.4) is 0 Å². The van der Waals surface area contributed by atoms with Crippen LogP contribution in [-0.4, -0.2) is 43.5 Å². The number of hydrogen-bond acceptors (Lipinski definition) is 4. The number of hydrogen-bond donors (Lipinski definition) is 1. The lowest BCUT2D eigenvalue weighted by atomic mass is 10.0. The molecule has 3 aromatic rings. The Bertz CT molecular complexity index is 1090. The number of nitrogens with one attached hydrogen (secondary N) is 1. The van der Waals surface area contributed by atoms with Crippen LogP contribution >= 0.6 is 23.2 Å². The molecule has 178 valence electrons. The fourth-order valence-electron chi connectivity index (χ4n) is 3.47. The van der Waals surface area contributed by atoms with Crippen LogP contribution in [0.25, 0.3) is 0 Å². The van der Waals surface area contributed by atoms with E-state index in [0.717, 1.165) is 5.56 Å². The van der Waals surface area contributed by atoms with E-state index in [1.807, 2.05) is 30.3 Å². The highest BCUT2D eigenvalue weighted by molar-refractivity contribution is 6.36. The Kier molecular flexibility index (Phi) is 9.19. The van der Waals surface area contributed by atoms with E-state index in [4.69, 9.17) is 32.7 Å². The van der Waals surface area contributed by atoms with Crippen LogP contribution in [0.15, 0.2) is 72.8 Å². The van der Waals surface area contributed by atoms with Crippen molar-refractivity contribution in [2.45, 2.75) is 19.0 Å². The standard InChI is InChI=1S/C26H26Cl2N2O4/c1-29-26(32)24(15-18-7-4-3-5-8-18)30(16-21-22(27)9-6-10-23(21)28)25(31)17-34-20-13-11-19(33-2)12-14-20/h3-14,24H,15-17H2,1-2H3,(H,29,32)/t24-/m0/s1. The van der Waals surface area contributed by atoms with Crippen molar-refractivity contribution in [1.29, 1.82) is 0 Å². The molecule has 0 fully saturated rings. The molecular formula is C26H26Cl2N2O4. The van der Waals surface area contributed by atoms with E-state index in [-0.39, 0.29) is 25.0 Å². The average molecular weight is 501 g/mol. The summed E-state index contributed by atoms with van der Waals surface area (Å²) >= 11 is 12.8. The Hall–Kier alpha value is -3.22. The molecule has 1 atom stereocenters. The van der Waals surface area contributed by atoms with Crippen LogP contribution in [0.4, 0.5) is 0 Å². The third-order valence-electron chi connectivity index (χ3n) is 5.33. The minimum atomic E-state index is -0.799. The summed E-state index contributed by atoms with van der Waals surface area (Å²) in [6.07, 6.45) is 0.316. The molecule has 6 nitrogen and oxygen atoms in total. The number of amides is 2. The van der Waals surface area contributed by atoms with Crippen LogP contribution in [0.1, 0.15) is 11.1 Å². The summed E-state index contributed by atoms with van der Waals surface area (Å²) in [6.45, 7) is -0.217. The second-order valence-electron chi connectivity index (χ2n) is 7.51. The largest absolute Gasteiger partial charge is 0.497 e. The number of carbonyl (C=O) groups is 2. The van der Waals surface area contributed by atoms with E-state index >= 15 is 0 Å². The lowest BCUT2D eigenvalue weighted by molar-refractivity contribution is -0.142. The number of nitrogens with zero attached hydrogens (tertiary/aromatic N) is 1. The summed E-state index contributed by atoms with van der Waals surface area (Å²) in [4.78, 5) is 27.8. The molecule has 0 aromatic heterocycles. The first-order chi connectivity index (χ1) is 16.4. The van der Waals surface area contributed by atoms with Gasteiger partial charge in [0.15, 0.2) is 6.61 Å². The second-order valence-corrected chi connectivity index (χ2v) is 8.32. The van der Waals surface area contributed by atoms with Gasteiger partial charge in [0.25, 0.3) is 5.91 Å². The highest BCUT2D eigenvalue weighted by Gasteiger charge is 2.31. The highest BCUT2D eigenvalue weighted by Crippen LogP contribution is 2.27. The summed E-state index contributed by atoms with van der Waals surface area (Å²) in [6, 6.07) is 20.7. The third kappa shape index (κ3) is 6.65. The summed E-state index contributed by atoms with van der Waals surface area (Å²) < 4.78 is 10.9. The predicted octanol–water partition coefficient (Wildman–Crippen LogP) is 4.77. The molecule has 2 amide bonds. The first kappa shape index (κ1) is 25.4. The van der Waals surface area contributed by atoms with E-state index in [9.17, 15) is 9.59 Å². The average Bonchev–Trinajstić information content (AvgIpc) is 2.86. The topological polar surface area (TPSA) is 67.9 Å². The predicted molar refractivity (Wildman–Crippen MR) is 134 cm³/mol. The van der Waals surface area contributed by atoms with Gasteiger partial charge in [-0.1, -0.05) is 59.6 Å². The van der Waals surface area contributed by atoms with Gasteiger partial charge in [0.1, 0.15) is 17.5 Å². The lowest BCUT2D eigenvalue weighted by Gasteiger charge is -2.31. The zero-order valence-electron chi connectivity index (χ0n) is 19.0. The molecule has 0 radical (unpaired) electrons. The first-order valence-electron chi connectivity index (χ1n) is 10.7. The smallest absolute Gasteiger partial charge is 0.261 e. The monoisotopic (exact) mass is 500 g/mol. The number of rotatable bonds is 10. The van der Waals surface area contributed by atoms with E-state index in [2.05, 4.69) is 5.32 Å². The first-order valence-corrected chi connectivity index (χ1v) is 11.4. The van der Waals surface area contributed by atoms with E-state index < -0.39 is 6.04 Å². The molecule has 0 unspecified atom stereocenters. The Labute approximate surface area is 209 Å². The SMILES string of the molecule is CNC(=O)[C@H](Cc1ccccc1)N(Cc1c(Cl)cccc1Cl)C(=O)COc1ccc(OC)cc1. The Morgan fingerprint density at radius 3 is 2.12 bits per heavy atom. The van der Waals surface area contributed by atoms with Gasteiger partial charge in [0.05, 0.1) is 7.11 Å². The maximum absolute atomic E-state index is 13.4. The van der Waals surface area contributed by atoms with E-state index in [1.54, 1.807) is 56.6 Å². The van der Waals surface area contributed by atoms with Crippen molar-refractivity contribution in [2.75, 3.05) is 20.8 Å². The van der Waals surface area contributed by atoms with Crippen LogP contribution < -0.4 is 14.8 Å². The van der Waals surface area contributed by atoms with Crippen molar-refractivity contribution in [3.63, 3.8) is 0 Å². The van der Waals surface area contributed by atoms with Gasteiger partial charge in [0.2, 0.25) is 5.91 Å². The number of ether oxygens (including phenoxy) is 2. The second kappa shape index (κ2) is 12.3. The molecule has 8 heteroatoms. The van der Waals surface area contributed by atoms with Crippen LogP contribution in [0, 0.1) is 0 Å². The van der Waals surface area contributed by atoms with Gasteiger partial charge in [-0.15, -0.1) is 0 Å². The number of halogens is 2. The van der Waals surface area contributed by atoms with Crippen molar-refractivity contribution < 1.29 is 19.1 Å². The quantitative estimate of drug-likeness (QED) is 0.435. The molecule has 0 bridgehead atoms. The molecule has 0 aliphatic carbocycles. The minimum Gasteiger partial charge on any atom is -0.497 e. The van der Waals surface area contributed by atoms with E-state index in [0.29, 0.717) is 33.5 Å². The molecule has 1 N–H and O–H groups in total. The van der Waals surface area contributed by atoms with Gasteiger partial charge in [-0.25, -0.2) is 0 Å². The third-order valence-corrected chi connectivity index (χ3v) is 6.04. The molecule has 3 aromatic carbocycles. The normalized spacial score (nSPS) is 11.4. The zero-order chi connectivity index (χ0) is 24.5. The van der Waals surface area contributed by atoms with Crippen molar-refractivity contribution in [2.24, 2.45) is 0 Å². The number of methoxy groups -OCH3 is 1. The molecule has 34 heavy (non-hydrogen) atoms. The Morgan fingerprint density at radius 2 is 1.53 bits per heavy atom. The van der Waals surface area contributed by atoms with Crippen molar-refractivity contribution in [1.82, 2.24) is 10.2 Å². The van der Waals surface area contributed by atoms with Crippen molar-refractivity contribution >= 4 is 35.0 Å². The highest BCUT2D eigenvalue weighted by atomic mass is 35.5. The minimum absolute atomic E-state index is 0.0498. The van der Waals surface area contributed by atoms with Gasteiger partial charge in [-0.2, -0.15) is 0 Å². The molecule has 0 saturated carbocycles. The summed E-state index contributed by atoms with van der Waals surface area (Å²) in [5.74, 6) is 0.502. The molecular weight excluding hydrogens is 475 g/mol. The van der Waals surface area contributed by atoms with Gasteiger partial charge >= 0.3 is 0 Å². The van der Waals surface area contributed by atoms with Gasteiger partial charge in [-0.05, 0) is 42.0 Å². The maximum Gasteiger partial charge on any atom is 0.261 e. The maximum atomic E-state index is 13.4. The Morgan fingerprint density at radius 1 is 0.912 bits per heavy atom. The van der Waals surface area contributed by atoms with Crippen molar-refractivity contribution in [3.8, 4) is 11.5 Å². The Balaban J connectivity index is 1.90. The van der Waals surface area contributed by atoms with Crippen molar-refractivity contribution in [3.05, 3.63) is 94.0 Å². The molecule has 3 rings (SSSR count). The molecule has 0 spiro atoms. The lowest BCUT2D eigenvalue weighted by Crippen LogP contribution is -2.51. The number of likely N-dealkylation sites (N-methyl/N-ethyl adjacent to an activating group) is 1. The fourth-order valence-corrected chi connectivity index (χ4v) is 3.99. The van der Waals surface area contributed by atoms with Crippen LogP contribution in [0.5, 0.6) is 11.5 Å². The molecule has 0 heterocycles. The zero-order valence-corrected chi connectivity index (χ0v) is 20.5. The number of carbonyl (C=O) groups excluding carboxylic acids is 2. The summed E-state index contributed by atoms with van der Waals surface area (Å²) in [7, 11) is 3.11. The molecule has 0 saturated heterocycles. The van der Waals surface area contributed by atoms with Gasteiger partial charge in [0, 0.05) is 35.6 Å². The van der Waals surface area contributed by atoms with Crippen LogP contribution in [-0.2, 0) is 22.6 Å². The van der Waals surface area contributed by atoms with Crippen LogP contribution in [0.2, 0.25) is 10.0 Å². The number of benzene rings is 3. The molecule has 0 aliphatic rings. The van der Waals surface area contributed by atoms with Gasteiger partial charge in [-0.3, -0.25) is 9.59 Å². The summed E-state index contributed by atoms with van der Waals surface area (Å²) in [5.41, 5.74) is 1.47.